The van der Waals surface area contributed by atoms with Crippen molar-refractivity contribution >= 4 is 22.8 Å². The van der Waals surface area contributed by atoms with Crippen LogP contribution in [0.5, 0.6) is 0 Å². The van der Waals surface area contributed by atoms with Crippen LogP contribution >= 0.6 is 0 Å². The predicted molar refractivity (Wildman–Crippen MR) is 133 cm³/mol. The highest BCUT2D eigenvalue weighted by Crippen LogP contribution is 2.32. The van der Waals surface area contributed by atoms with Crippen LogP contribution in [-0.2, 0) is 27.5 Å². The molecule has 184 valence electrons. The van der Waals surface area contributed by atoms with Gasteiger partial charge >= 0.3 is 5.97 Å². The average molecular weight is 475 g/mol. The monoisotopic (exact) mass is 474 g/mol. The highest BCUT2D eigenvalue weighted by atomic mass is 16.5. The number of hydrogen-bond acceptors (Lipinski definition) is 5. The van der Waals surface area contributed by atoms with Gasteiger partial charge in [0.25, 0.3) is 0 Å². The summed E-state index contributed by atoms with van der Waals surface area (Å²) in [4.78, 5) is 24.9. The first-order chi connectivity index (χ1) is 16.7. The molecular weight excluding hydrogens is 442 g/mol. The fraction of sp³-hybridized carbons (Fsp3) is 0.379. The van der Waals surface area contributed by atoms with E-state index in [2.05, 4.69) is 24.3 Å². The lowest BCUT2D eigenvalue weighted by molar-refractivity contribution is -0.268. The first-order valence-electron chi connectivity index (χ1n) is 12.0. The maximum atomic E-state index is 12.0. The second-order valence-electron chi connectivity index (χ2n) is 10.2. The van der Waals surface area contributed by atoms with E-state index in [4.69, 9.17) is 9.47 Å². The van der Waals surface area contributed by atoms with Crippen molar-refractivity contribution in [2.75, 3.05) is 13.1 Å². The molecule has 0 aliphatic carbocycles. The molecule has 2 atom stereocenters. The van der Waals surface area contributed by atoms with E-state index in [-0.39, 0.29) is 31.1 Å². The fourth-order valence-electron chi connectivity index (χ4n) is 4.39. The summed E-state index contributed by atoms with van der Waals surface area (Å²) in [5.41, 5.74) is 2.50. The topological polar surface area (TPSA) is 78.9 Å². The largest absolute Gasteiger partial charge is 0.530 e. The molecule has 6 nitrogen and oxygen atoms in total. The summed E-state index contributed by atoms with van der Waals surface area (Å²) in [6, 6.07) is 22.3. The van der Waals surface area contributed by atoms with Gasteiger partial charge < -0.3 is 24.3 Å². The van der Waals surface area contributed by atoms with Gasteiger partial charge in [-0.3, -0.25) is 4.79 Å². The zero-order valence-electron chi connectivity index (χ0n) is 20.5. The van der Waals surface area contributed by atoms with E-state index >= 15 is 0 Å². The van der Waals surface area contributed by atoms with Crippen LogP contribution in [0, 0.1) is 5.41 Å². The molecule has 3 aromatic carbocycles. The van der Waals surface area contributed by atoms with Crippen molar-refractivity contribution in [3.8, 4) is 0 Å². The maximum Gasteiger partial charge on any atom is 0.311 e. The molecule has 1 saturated heterocycles. The number of benzene rings is 3. The molecule has 1 aliphatic rings. The summed E-state index contributed by atoms with van der Waals surface area (Å²) in [6.45, 7) is 6.79. The second kappa shape index (κ2) is 10.5. The fourth-order valence-corrected chi connectivity index (χ4v) is 4.39. The lowest BCUT2D eigenvalue weighted by Gasteiger charge is -2.40. The van der Waals surface area contributed by atoms with Gasteiger partial charge in [0.15, 0.2) is 0 Å². The number of amides is 1. The van der Waals surface area contributed by atoms with Crippen LogP contribution in [0.4, 0.5) is 4.79 Å². The van der Waals surface area contributed by atoms with Crippen LogP contribution in [0.25, 0.3) is 10.8 Å². The van der Waals surface area contributed by atoms with Gasteiger partial charge in [-0.05, 0) is 60.7 Å². The van der Waals surface area contributed by atoms with Gasteiger partial charge in [-0.1, -0.05) is 60.7 Å². The molecule has 0 N–H and O–H groups in total. The summed E-state index contributed by atoms with van der Waals surface area (Å²) < 4.78 is 11.7. The molecule has 6 heteroatoms. The second-order valence-corrected chi connectivity index (χ2v) is 10.2. The van der Waals surface area contributed by atoms with Crippen LogP contribution in [0.2, 0.25) is 0 Å². The van der Waals surface area contributed by atoms with E-state index in [0.29, 0.717) is 19.6 Å². The Bertz CT molecular complexity index is 1180. The summed E-state index contributed by atoms with van der Waals surface area (Å²) in [7, 11) is 0. The van der Waals surface area contributed by atoms with Gasteiger partial charge in [-0.15, -0.1) is 0 Å². The first kappa shape index (κ1) is 24.7. The van der Waals surface area contributed by atoms with Crippen molar-refractivity contribution in [2.45, 2.75) is 52.4 Å². The molecule has 0 bridgehead atoms. The number of rotatable bonds is 6. The molecule has 1 aliphatic heterocycles. The van der Waals surface area contributed by atoms with Crippen molar-refractivity contribution in [2.24, 2.45) is 5.41 Å². The summed E-state index contributed by atoms with van der Waals surface area (Å²) in [5.74, 6) is -0.185. The predicted octanol–water partition coefficient (Wildman–Crippen LogP) is 4.65. The molecule has 4 rings (SSSR count). The number of piperidine rings is 1. The standard InChI is InChI=1S/C29H33NO5/c1-29(2,3)27(31)35-18-20-8-12-23(13-9-20)25-14-15-30(28(32)33)17-26(25)34-19-21-10-11-22-6-4-5-7-24(22)16-21/h4-13,16,25-26H,14-15,17-19H2,1-3H3,(H,32,33)/p-1. The number of likely N-dealkylation sites (tertiary alicyclic amines) is 1. The third kappa shape index (κ3) is 6.20. The van der Waals surface area contributed by atoms with E-state index in [9.17, 15) is 14.7 Å². The molecule has 1 heterocycles. The third-order valence-electron chi connectivity index (χ3n) is 6.49. The molecule has 0 saturated carbocycles. The number of carbonyl (C=O) groups is 2. The van der Waals surface area contributed by atoms with Crippen molar-refractivity contribution in [1.82, 2.24) is 4.90 Å². The molecular formula is C29H32NO5-. The molecule has 0 aromatic heterocycles. The summed E-state index contributed by atoms with van der Waals surface area (Å²) in [6.07, 6.45) is -0.814. The van der Waals surface area contributed by atoms with Crippen LogP contribution in [0.3, 0.4) is 0 Å². The number of esters is 1. The zero-order chi connectivity index (χ0) is 25.0. The number of hydrogen-bond donors (Lipinski definition) is 0. The molecule has 0 spiro atoms. The van der Waals surface area contributed by atoms with Gasteiger partial charge in [-0.2, -0.15) is 0 Å². The molecule has 3 aromatic rings. The SMILES string of the molecule is CC(C)(C)C(=O)OCc1ccc(C2CCN(C(=O)[O-])CC2OCc2ccc3ccccc3c2)cc1. The Morgan fingerprint density at radius 1 is 0.943 bits per heavy atom. The lowest BCUT2D eigenvalue weighted by atomic mass is 9.86. The van der Waals surface area contributed by atoms with Crippen molar-refractivity contribution < 1.29 is 24.2 Å². The van der Waals surface area contributed by atoms with E-state index < -0.39 is 11.5 Å². The van der Waals surface area contributed by atoms with Crippen molar-refractivity contribution in [1.29, 1.82) is 0 Å². The van der Waals surface area contributed by atoms with Crippen LogP contribution in [0.15, 0.2) is 66.7 Å². The number of carboxylic acid groups (broad SMARTS) is 1. The Balaban J connectivity index is 1.45. The van der Waals surface area contributed by atoms with Crippen molar-refractivity contribution in [3.63, 3.8) is 0 Å². The van der Waals surface area contributed by atoms with E-state index in [0.717, 1.165) is 22.1 Å². The third-order valence-corrected chi connectivity index (χ3v) is 6.49. The Morgan fingerprint density at radius 2 is 1.63 bits per heavy atom. The summed E-state index contributed by atoms with van der Waals surface area (Å²) in [5, 5.41) is 13.8. The molecule has 2 unspecified atom stereocenters. The molecule has 35 heavy (non-hydrogen) atoms. The number of carbonyl (C=O) groups excluding carboxylic acids is 2. The minimum Gasteiger partial charge on any atom is -0.530 e. The molecule has 1 fully saturated rings. The number of fused-ring (bicyclic) bond motifs is 1. The van der Waals surface area contributed by atoms with E-state index in [1.54, 1.807) is 0 Å². The molecule has 1 amide bonds. The minimum atomic E-state index is -1.17. The average Bonchev–Trinajstić information content (AvgIpc) is 2.85. The van der Waals surface area contributed by atoms with E-state index in [1.165, 1.54) is 10.3 Å². The normalized spacial score (nSPS) is 18.4. The molecule has 0 radical (unpaired) electrons. The van der Waals surface area contributed by atoms with Crippen LogP contribution in [-0.4, -0.2) is 36.2 Å². The Morgan fingerprint density at radius 3 is 2.31 bits per heavy atom. The van der Waals surface area contributed by atoms with Gasteiger partial charge in [0.05, 0.1) is 18.1 Å². The highest BCUT2D eigenvalue weighted by Gasteiger charge is 2.31. The lowest BCUT2D eigenvalue weighted by Crippen LogP contribution is -2.51. The Hall–Kier alpha value is -3.38. The summed E-state index contributed by atoms with van der Waals surface area (Å²) >= 11 is 0. The van der Waals surface area contributed by atoms with Gasteiger partial charge in [0.2, 0.25) is 0 Å². The maximum absolute atomic E-state index is 12.0. The highest BCUT2D eigenvalue weighted by molar-refractivity contribution is 5.83. The van der Waals surface area contributed by atoms with Gasteiger partial charge in [-0.25, -0.2) is 0 Å². The zero-order valence-corrected chi connectivity index (χ0v) is 20.5. The quantitative estimate of drug-likeness (QED) is 0.486. The Labute approximate surface area is 206 Å². The van der Waals surface area contributed by atoms with Crippen LogP contribution < -0.4 is 5.11 Å². The smallest absolute Gasteiger partial charge is 0.311 e. The number of nitrogens with zero attached hydrogens (tertiary/aromatic N) is 1. The first-order valence-corrected chi connectivity index (χ1v) is 12.0. The van der Waals surface area contributed by atoms with Gasteiger partial charge in [0.1, 0.15) is 12.7 Å². The minimum absolute atomic E-state index is 0.0530. The van der Waals surface area contributed by atoms with E-state index in [1.807, 2.05) is 63.2 Å². The number of ether oxygens (including phenoxy) is 2. The van der Waals surface area contributed by atoms with Gasteiger partial charge in [0, 0.05) is 19.0 Å². The Kier molecular flexibility index (Phi) is 7.41. The van der Waals surface area contributed by atoms with Crippen LogP contribution in [0.1, 0.15) is 49.8 Å². The van der Waals surface area contributed by atoms with Crippen molar-refractivity contribution in [3.05, 3.63) is 83.4 Å².